The Morgan fingerprint density at radius 2 is 1.58 bits per heavy atom. The third-order valence-electron chi connectivity index (χ3n) is 16.4. The predicted octanol–water partition coefficient (Wildman–Crippen LogP) is 9.71. The molecule has 6 aromatic rings. The molecule has 0 bridgehead atoms. The molecule has 2 aromatic heterocycles. The molecule has 0 aliphatic carbocycles. The number of halogens is 1. The van der Waals surface area contributed by atoms with Crippen LogP contribution >= 0.6 is 11.6 Å². The van der Waals surface area contributed by atoms with Crippen LogP contribution in [0.5, 0.6) is 11.5 Å². The molecule has 1 atom stereocenters. The van der Waals surface area contributed by atoms with Gasteiger partial charge in [0.25, 0.3) is 5.91 Å². The number of aryl methyl sites for hydroxylation is 2. The number of ketones is 1. The van der Waals surface area contributed by atoms with Crippen LogP contribution in [0.15, 0.2) is 54.9 Å². The van der Waals surface area contributed by atoms with Gasteiger partial charge in [0.15, 0.2) is 22.8 Å². The maximum absolute atomic E-state index is 14.2. The van der Waals surface area contributed by atoms with E-state index in [-0.39, 0.29) is 46.9 Å². The number of hydrogen-bond acceptors (Lipinski definition) is 11. The summed E-state index contributed by atoms with van der Waals surface area (Å²) < 4.78 is 11.8. The molecule has 77 heavy (non-hydrogen) atoms. The number of aromatic carboxylic acids is 1. The summed E-state index contributed by atoms with van der Waals surface area (Å²) in [5, 5.41) is 33.0. The highest BCUT2D eigenvalue weighted by Gasteiger charge is 2.36. The fraction of sp³-hybridized carbons (Fsp3) is 0.459. The van der Waals surface area contributed by atoms with Crippen molar-refractivity contribution in [1.29, 1.82) is 0 Å². The number of carboxylic acids is 1. The van der Waals surface area contributed by atoms with Crippen LogP contribution in [0.4, 0.5) is 23.1 Å². The topological polar surface area (TPSA) is 187 Å². The maximum atomic E-state index is 14.2. The molecule has 402 valence electrons. The number of aromatic nitrogens is 4. The molecule has 0 spiro atoms. The lowest BCUT2D eigenvalue weighted by atomic mass is 9.82. The molecule has 0 fully saturated rings. The minimum Gasteiger partial charge on any atom is -0.478 e. The Bertz CT molecular complexity index is 3460. The first-order valence-corrected chi connectivity index (χ1v) is 28.5. The summed E-state index contributed by atoms with van der Waals surface area (Å²) in [4.78, 5) is 57.5. The molecule has 5 N–H and O–H groups in total. The molecule has 15 nitrogen and oxygen atoms in total. The highest BCUT2D eigenvalue weighted by atomic mass is 35.5. The van der Waals surface area contributed by atoms with E-state index < -0.39 is 5.97 Å². The fourth-order valence-electron chi connectivity index (χ4n) is 12.4. The predicted molar refractivity (Wildman–Crippen MR) is 302 cm³/mol. The first kappa shape index (κ1) is 52.2. The van der Waals surface area contributed by atoms with Crippen molar-refractivity contribution >= 4 is 69.1 Å². The molecule has 0 radical (unpaired) electrons. The monoisotopic (exact) mass is 1060 g/mol. The second-order valence-corrected chi connectivity index (χ2v) is 22.7. The highest BCUT2D eigenvalue weighted by molar-refractivity contribution is 6.34. The molecule has 0 saturated carbocycles. The Morgan fingerprint density at radius 1 is 0.805 bits per heavy atom. The molecule has 0 saturated heterocycles. The summed E-state index contributed by atoms with van der Waals surface area (Å²) in [5.74, 6) is 1.34. The maximum Gasteiger partial charge on any atom is 0.336 e. The van der Waals surface area contributed by atoms with Gasteiger partial charge in [0.1, 0.15) is 24.6 Å². The SMILES string of the molecule is CC(C)[C@H](CO)Nc1nc(Nc2ccc(C(=O)NCCCCCCC(=O)c3ccc(C(=O)O)c(C4=c5cc6c7c(c5Oc5c4cc4c8c5CCCN8CCCC4)CCC[N+]=7CCCC6)c3)c(Cl)c2)c2ncn(C(C)C)c2n1. The van der Waals surface area contributed by atoms with Gasteiger partial charge in [-0.1, -0.05) is 44.4 Å². The third kappa shape index (κ3) is 10.3. The number of imidazole rings is 1. The third-order valence-corrected chi connectivity index (χ3v) is 16.7. The first-order chi connectivity index (χ1) is 37.4. The van der Waals surface area contributed by atoms with E-state index in [1.807, 2.05) is 38.3 Å². The summed E-state index contributed by atoms with van der Waals surface area (Å²) in [7, 11) is 0. The summed E-state index contributed by atoms with van der Waals surface area (Å²) in [5.41, 5.74) is 11.6. The number of fused-ring (bicyclic) bond motifs is 5. The van der Waals surface area contributed by atoms with Crippen molar-refractivity contribution in [2.75, 3.05) is 54.9 Å². The zero-order valence-electron chi connectivity index (χ0n) is 44.9. The molecule has 7 heterocycles. The number of Topliss-reactive ketones (excluding diaryl/α,β-unsaturated/α-hetero) is 1. The van der Waals surface area contributed by atoms with Crippen molar-refractivity contribution in [3.8, 4) is 11.5 Å². The number of aliphatic hydroxyl groups is 1. The van der Waals surface area contributed by atoms with E-state index >= 15 is 0 Å². The van der Waals surface area contributed by atoms with Gasteiger partial charge >= 0.3 is 5.97 Å². The van der Waals surface area contributed by atoms with Crippen LogP contribution in [0.1, 0.15) is 169 Å². The highest BCUT2D eigenvalue weighted by Crippen LogP contribution is 2.49. The van der Waals surface area contributed by atoms with Crippen LogP contribution in [0.3, 0.4) is 0 Å². The summed E-state index contributed by atoms with van der Waals surface area (Å²) in [6, 6.07) is 14.7. The van der Waals surface area contributed by atoms with E-state index in [0.29, 0.717) is 64.7 Å². The fourth-order valence-corrected chi connectivity index (χ4v) is 12.7. The van der Waals surface area contributed by atoms with Gasteiger partial charge in [0, 0.05) is 89.4 Å². The molecule has 5 aliphatic heterocycles. The van der Waals surface area contributed by atoms with Crippen LogP contribution < -0.4 is 40.7 Å². The molecular formula is C61H71ClN9O6+. The zero-order valence-corrected chi connectivity index (χ0v) is 45.6. The van der Waals surface area contributed by atoms with Gasteiger partial charge in [-0.15, -0.1) is 0 Å². The first-order valence-electron chi connectivity index (χ1n) is 28.2. The van der Waals surface area contributed by atoms with Crippen molar-refractivity contribution < 1.29 is 29.3 Å². The Kier molecular flexibility index (Phi) is 15.1. The van der Waals surface area contributed by atoms with Gasteiger partial charge in [-0.25, -0.2) is 14.4 Å². The summed E-state index contributed by atoms with van der Waals surface area (Å²) in [6.07, 6.45) is 15.3. The number of benzene rings is 4. The Hall–Kier alpha value is -6.84. The van der Waals surface area contributed by atoms with E-state index in [9.17, 15) is 24.6 Å². The van der Waals surface area contributed by atoms with Crippen LogP contribution in [-0.2, 0) is 25.7 Å². The largest absolute Gasteiger partial charge is 0.478 e. The Labute approximate surface area is 454 Å². The number of nitrogens with zero attached hydrogens (tertiary/aromatic N) is 6. The molecular weight excluding hydrogens is 990 g/mol. The number of carbonyl (C=O) groups excluding carboxylic acids is 2. The summed E-state index contributed by atoms with van der Waals surface area (Å²) in [6.45, 7) is 12.6. The minimum atomic E-state index is -1.02. The number of ether oxygens (including phenoxy) is 1. The van der Waals surface area contributed by atoms with Crippen molar-refractivity contribution in [3.05, 3.63) is 121 Å². The number of carbonyl (C=O) groups is 3. The Morgan fingerprint density at radius 3 is 2.39 bits per heavy atom. The standard InChI is InChI=1S/C61H70ClN9O6/c1-35(2)49(33-72)66-61-67-57(52-58(68-61)71(34-64-52)36(3)4)65-40-21-23-42(48(62)32-40)59(74)63-24-10-6-5-7-19-50(73)37-20-22-41(60(75)76)45(29-37)51-46-30-38-15-8-11-25-69-27-13-17-43(53(38)69)55(46)77-56-44-18-14-28-70-26-12-9-16-39(54(44)70)31-47(51)56/h20-23,29-32,34-36,49,72H,5-19,24-28,33H2,1-4H3,(H3-,63,65,66,67,68,74,75,76)/p+1/t49-/m0/s1. The number of amides is 1. The van der Waals surface area contributed by atoms with Crippen molar-refractivity contribution in [2.24, 2.45) is 5.92 Å². The van der Waals surface area contributed by atoms with Crippen LogP contribution in [-0.4, -0.2) is 92.8 Å². The number of aliphatic hydroxyl groups excluding tert-OH is 1. The second kappa shape index (κ2) is 22.3. The van der Waals surface area contributed by atoms with Gasteiger partial charge in [-0.2, -0.15) is 9.97 Å². The van der Waals surface area contributed by atoms with Crippen molar-refractivity contribution in [3.63, 3.8) is 0 Å². The van der Waals surface area contributed by atoms with E-state index in [1.54, 1.807) is 36.7 Å². The number of rotatable bonds is 18. The van der Waals surface area contributed by atoms with E-state index in [0.717, 1.165) is 138 Å². The molecule has 4 aromatic carbocycles. The van der Waals surface area contributed by atoms with E-state index in [2.05, 4.69) is 42.5 Å². The Balaban J connectivity index is 0.776. The molecule has 11 rings (SSSR count). The molecule has 16 heteroatoms. The number of nitrogens with one attached hydrogen (secondary N) is 3. The lowest BCUT2D eigenvalue weighted by Crippen LogP contribution is -2.41. The zero-order chi connectivity index (χ0) is 53.5. The van der Waals surface area contributed by atoms with Gasteiger partial charge in [-0.3, -0.25) is 9.59 Å². The van der Waals surface area contributed by atoms with Crippen molar-refractivity contribution in [2.45, 2.75) is 136 Å². The van der Waals surface area contributed by atoms with Gasteiger partial charge in [0.05, 0.1) is 40.7 Å². The van der Waals surface area contributed by atoms with Gasteiger partial charge < -0.3 is 40.4 Å². The van der Waals surface area contributed by atoms with E-state index in [4.69, 9.17) is 26.3 Å². The molecule has 0 unspecified atom stereocenters. The summed E-state index contributed by atoms with van der Waals surface area (Å²) >= 11 is 6.73. The molecule has 5 aliphatic rings. The lowest BCUT2D eigenvalue weighted by Gasteiger charge is -2.35. The average Bonchev–Trinajstić information content (AvgIpc) is 3.83. The van der Waals surface area contributed by atoms with Crippen LogP contribution in [0.25, 0.3) is 16.7 Å². The number of unbranched alkanes of at least 4 members (excludes halogenated alkanes) is 3. The lowest BCUT2D eigenvalue weighted by molar-refractivity contribution is 0.0695. The quantitative estimate of drug-likeness (QED) is 0.0312. The number of carboxylic acid groups (broad SMARTS) is 1. The minimum absolute atomic E-state index is 0.0228. The molecule has 1 amide bonds. The average molecular weight is 1060 g/mol. The van der Waals surface area contributed by atoms with Crippen molar-refractivity contribution in [1.82, 2.24) is 29.4 Å². The number of hydrogen-bond donors (Lipinski definition) is 5. The smallest absolute Gasteiger partial charge is 0.336 e. The van der Waals surface area contributed by atoms with E-state index in [1.165, 1.54) is 33.3 Å². The van der Waals surface area contributed by atoms with Crippen LogP contribution in [0.2, 0.25) is 5.02 Å². The second-order valence-electron chi connectivity index (χ2n) is 22.3. The van der Waals surface area contributed by atoms with Crippen LogP contribution in [0, 0.1) is 5.92 Å². The van der Waals surface area contributed by atoms with Gasteiger partial charge in [-0.05, 0) is 138 Å². The number of anilines is 4. The normalized spacial score (nSPS) is 16.0. The van der Waals surface area contributed by atoms with Gasteiger partial charge in [0.2, 0.25) is 11.3 Å².